The lowest BCUT2D eigenvalue weighted by atomic mass is 9.95. The van der Waals surface area contributed by atoms with E-state index in [2.05, 4.69) is 12.1 Å². The smallest absolute Gasteiger partial charge is 0.338 e. The zero-order chi connectivity index (χ0) is 18.1. The van der Waals surface area contributed by atoms with Crippen molar-refractivity contribution in [3.05, 3.63) is 58.3 Å². The molecular formula is C20H18O4S2. The molecule has 1 aromatic carbocycles. The van der Waals surface area contributed by atoms with Crippen LogP contribution in [0.1, 0.15) is 36.1 Å². The molecule has 1 aliphatic rings. The van der Waals surface area contributed by atoms with Crippen molar-refractivity contribution < 1.29 is 19.0 Å². The van der Waals surface area contributed by atoms with E-state index in [9.17, 15) is 4.79 Å². The van der Waals surface area contributed by atoms with Crippen LogP contribution in [0.5, 0.6) is 0 Å². The first-order chi connectivity index (χ1) is 12.7. The molecule has 0 saturated carbocycles. The van der Waals surface area contributed by atoms with Crippen molar-refractivity contribution >= 4 is 28.6 Å². The highest BCUT2D eigenvalue weighted by atomic mass is 32.1. The first-order valence-corrected chi connectivity index (χ1v) is 10.2. The molecule has 1 fully saturated rings. The largest absolute Gasteiger partial charge is 0.462 e. The number of carbonyl (C=O) groups excluding carboxylic acids is 1. The molecule has 6 heteroatoms. The highest BCUT2D eigenvalue weighted by Crippen LogP contribution is 2.43. The summed E-state index contributed by atoms with van der Waals surface area (Å²) < 4.78 is 16.7. The second-order valence-corrected chi connectivity index (χ2v) is 7.73. The Bertz CT molecular complexity index is 894. The molecule has 0 spiro atoms. The van der Waals surface area contributed by atoms with Crippen LogP contribution < -0.4 is 0 Å². The highest BCUT2D eigenvalue weighted by Gasteiger charge is 2.32. The molecule has 3 heterocycles. The molecule has 26 heavy (non-hydrogen) atoms. The molecule has 0 N–H and O–H groups in total. The predicted octanol–water partition coefficient (Wildman–Crippen LogP) is 5.71. The minimum absolute atomic E-state index is 0.237. The zero-order valence-electron chi connectivity index (χ0n) is 14.4. The molecule has 1 aliphatic heterocycles. The van der Waals surface area contributed by atoms with E-state index in [1.54, 1.807) is 22.7 Å². The van der Waals surface area contributed by atoms with Crippen LogP contribution in [0.15, 0.2) is 47.2 Å². The maximum Gasteiger partial charge on any atom is 0.338 e. The molecule has 1 saturated heterocycles. The fraction of sp³-hybridized carbons (Fsp3) is 0.250. The van der Waals surface area contributed by atoms with Crippen LogP contribution in [-0.4, -0.2) is 18.9 Å². The fourth-order valence-electron chi connectivity index (χ4n) is 2.97. The minimum atomic E-state index is -0.465. The fourth-order valence-corrected chi connectivity index (χ4v) is 4.50. The van der Waals surface area contributed by atoms with Crippen molar-refractivity contribution in [3.8, 4) is 20.9 Å². The molecule has 0 aliphatic carbocycles. The Morgan fingerprint density at radius 1 is 1.08 bits per heavy atom. The van der Waals surface area contributed by atoms with Crippen LogP contribution in [0.2, 0.25) is 0 Å². The first kappa shape index (κ1) is 17.4. The normalized spacial score (nSPS) is 19.2. The van der Waals surface area contributed by atoms with Crippen molar-refractivity contribution in [1.82, 2.24) is 0 Å². The lowest BCUT2D eigenvalue weighted by Crippen LogP contribution is -2.32. The summed E-state index contributed by atoms with van der Waals surface area (Å²) >= 11 is 3.25. The van der Waals surface area contributed by atoms with E-state index in [0.29, 0.717) is 12.2 Å². The molecule has 0 unspecified atom stereocenters. The highest BCUT2D eigenvalue weighted by molar-refractivity contribution is 7.14. The van der Waals surface area contributed by atoms with E-state index < -0.39 is 6.29 Å². The maximum atomic E-state index is 12.6. The van der Waals surface area contributed by atoms with Gasteiger partial charge in [-0.25, -0.2) is 4.79 Å². The van der Waals surface area contributed by atoms with E-state index in [-0.39, 0.29) is 12.3 Å². The molecule has 4 nitrogen and oxygen atoms in total. The van der Waals surface area contributed by atoms with E-state index >= 15 is 0 Å². The average Bonchev–Trinajstić information content (AvgIpc) is 3.31. The van der Waals surface area contributed by atoms with Crippen LogP contribution in [0.25, 0.3) is 20.9 Å². The molecule has 2 aromatic heterocycles. The molecule has 134 valence electrons. The number of ether oxygens (including phenoxy) is 3. The van der Waals surface area contributed by atoms with Crippen LogP contribution in [0.4, 0.5) is 0 Å². The van der Waals surface area contributed by atoms with Gasteiger partial charge in [0.1, 0.15) is 0 Å². The summed E-state index contributed by atoms with van der Waals surface area (Å²) in [6.45, 7) is 4.00. The van der Waals surface area contributed by atoms with E-state index in [0.717, 1.165) is 26.4 Å². The van der Waals surface area contributed by atoms with Crippen LogP contribution in [-0.2, 0) is 14.2 Å². The standard InChI is InChI=1S/C20H18O4S2/c1-3-22-19(21)15-11-16(20-23-12(2)24-20)14(18-7-5-9-26-18)10-13(15)17-6-4-8-25-17/h4-12,20H,3H2,1-2H3. The Morgan fingerprint density at radius 2 is 1.73 bits per heavy atom. The summed E-state index contributed by atoms with van der Waals surface area (Å²) in [5.41, 5.74) is 3.29. The topological polar surface area (TPSA) is 44.8 Å². The number of benzene rings is 1. The van der Waals surface area contributed by atoms with Crippen LogP contribution in [0.3, 0.4) is 0 Å². The average molecular weight is 386 g/mol. The number of hydrogen-bond acceptors (Lipinski definition) is 6. The Morgan fingerprint density at radius 3 is 2.27 bits per heavy atom. The van der Waals surface area contributed by atoms with Gasteiger partial charge in [-0.05, 0) is 48.9 Å². The second kappa shape index (κ2) is 7.32. The van der Waals surface area contributed by atoms with Gasteiger partial charge in [0.05, 0.1) is 12.2 Å². The number of rotatable bonds is 5. The van der Waals surface area contributed by atoms with Crippen molar-refractivity contribution in [3.63, 3.8) is 0 Å². The zero-order valence-corrected chi connectivity index (χ0v) is 16.1. The van der Waals surface area contributed by atoms with Crippen molar-refractivity contribution in [2.45, 2.75) is 26.4 Å². The van der Waals surface area contributed by atoms with E-state index in [1.165, 1.54) is 0 Å². The van der Waals surface area contributed by atoms with Gasteiger partial charge >= 0.3 is 5.97 Å². The van der Waals surface area contributed by atoms with Gasteiger partial charge in [0.2, 0.25) is 0 Å². The third kappa shape index (κ3) is 3.21. The first-order valence-electron chi connectivity index (χ1n) is 8.41. The van der Waals surface area contributed by atoms with Gasteiger partial charge in [-0.2, -0.15) is 0 Å². The SMILES string of the molecule is CCOC(=O)c1cc(C2OC(C)O2)c(-c2cccs2)cc1-c1cccs1. The van der Waals surface area contributed by atoms with Gasteiger partial charge < -0.3 is 14.2 Å². The molecule has 0 amide bonds. The summed E-state index contributed by atoms with van der Waals surface area (Å²) in [5.74, 6) is -0.331. The van der Waals surface area contributed by atoms with E-state index in [1.807, 2.05) is 48.9 Å². The number of hydrogen-bond donors (Lipinski definition) is 0. The molecule has 0 radical (unpaired) electrons. The Kier molecular flexibility index (Phi) is 4.91. The van der Waals surface area contributed by atoms with Gasteiger partial charge in [0.15, 0.2) is 12.6 Å². The van der Waals surface area contributed by atoms with E-state index in [4.69, 9.17) is 14.2 Å². The molecule has 0 atom stereocenters. The van der Waals surface area contributed by atoms with Gasteiger partial charge in [-0.3, -0.25) is 0 Å². The van der Waals surface area contributed by atoms with Crippen molar-refractivity contribution in [2.24, 2.45) is 0 Å². The number of carbonyl (C=O) groups is 1. The van der Waals surface area contributed by atoms with Crippen molar-refractivity contribution in [2.75, 3.05) is 6.61 Å². The minimum Gasteiger partial charge on any atom is -0.462 e. The van der Waals surface area contributed by atoms with Gasteiger partial charge in [-0.15, -0.1) is 22.7 Å². The third-order valence-electron chi connectivity index (χ3n) is 4.14. The Labute approximate surface area is 160 Å². The number of thiophene rings is 2. The second-order valence-electron chi connectivity index (χ2n) is 5.83. The van der Waals surface area contributed by atoms with Crippen LogP contribution in [0, 0.1) is 0 Å². The molecule has 3 aromatic rings. The quantitative estimate of drug-likeness (QED) is 0.527. The molecule has 0 bridgehead atoms. The summed E-state index contributed by atoms with van der Waals surface area (Å²) in [5, 5.41) is 4.04. The summed E-state index contributed by atoms with van der Waals surface area (Å²) in [4.78, 5) is 14.7. The molecular weight excluding hydrogens is 368 g/mol. The van der Waals surface area contributed by atoms with Gasteiger partial charge in [0.25, 0.3) is 0 Å². The molecule has 4 rings (SSSR count). The summed E-state index contributed by atoms with van der Waals surface area (Å²) in [7, 11) is 0. The monoisotopic (exact) mass is 386 g/mol. The van der Waals surface area contributed by atoms with Gasteiger partial charge in [0, 0.05) is 26.4 Å². The Balaban J connectivity index is 1.90. The predicted molar refractivity (Wildman–Crippen MR) is 103 cm³/mol. The Hall–Kier alpha value is -1.99. The summed E-state index contributed by atoms with van der Waals surface area (Å²) in [6, 6.07) is 12.0. The third-order valence-corrected chi connectivity index (χ3v) is 5.95. The number of esters is 1. The maximum absolute atomic E-state index is 12.6. The van der Waals surface area contributed by atoms with Gasteiger partial charge in [-0.1, -0.05) is 12.1 Å². The lowest BCUT2D eigenvalue weighted by molar-refractivity contribution is -0.382. The summed E-state index contributed by atoms with van der Waals surface area (Å²) in [6.07, 6.45) is -0.702. The van der Waals surface area contributed by atoms with Crippen LogP contribution >= 0.6 is 22.7 Å². The van der Waals surface area contributed by atoms with Crippen molar-refractivity contribution in [1.29, 1.82) is 0 Å². The lowest BCUT2D eigenvalue weighted by Gasteiger charge is -2.35.